The summed E-state index contributed by atoms with van der Waals surface area (Å²) in [6.07, 6.45) is 6.68. The molecule has 0 radical (unpaired) electrons. The summed E-state index contributed by atoms with van der Waals surface area (Å²) in [6.45, 7) is 10.3. The lowest BCUT2D eigenvalue weighted by atomic mass is 9.70. The summed E-state index contributed by atoms with van der Waals surface area (Å²) < 4.78 is 7.51. The van der Waals surface area contributed by atoms with Crippen LogP contribution >= 0.6 is 0 Å². The molecule has 2 atom stereocenters. The highest BCUT2D eigenvalue weighted by Crippen LogP contribution is 2.40. The van der Waals surface area contributed by atoms with Crippen LogP contribution in [-0.2, 0) is 4.74 Å². The van der Waals surface area contributed by atoms with Gasteiger partial charge in [-0.25, -0.2) is 4.98 Å². The van der Waals surface area contributed by atoms with E-state index in [-0.39, 0.29) is 28.8 Å². The van der Waals surface area contributed by atoms with Gasteiger partial charge in [-0.1, -0.05) is 20.8 Å². The second-order valence-electron chi connectivity index (χ2n) is 11.3. The third-order valence-electron chi connectivity index (χ3n) is 7.90. The number of H-pyrrole nitrogens is 1. The van der Waals surface area contributed by atoms with Gasteiger partial charge in [-0.15, -0.1) is 0 Å². The summed E-state index contributed by atoms with van der Waals surface area (Å²) in [7, 11) is 1.93. The Morgan fingerprint density at radius 3 is 2.65 bits per heavy atom. The Morgan fingerprint density at radius 2 is 1.94 bits per heavy atom. The molecule has 3 heterocycles. The van der Waals surface area contributed by atoms with Crippen LogP contribution in [0.4, 0.5) is 0 Å². The number of imidazole rings is 1. The van der Waals surface area contributed by atoms with Gasteiger partial charge in [0.25, 0.3) is 11.5 Å². The summed E-state index contributed by atoms with van der Waals surface area (Å²) in [5.74, 6) is 1.77. The monoisotopic (exact) mass is 464 g/mol. The first-order valence-electron chi connectivity index (χ1n) is 12.5. The van der Waals surface area contributed by atoms with E-state index in [2.05, 4.69) is 30.7 Å². The smallest absolute Gasteiger partial charge is 0.274 e. The Bertz CT molecular complexity index is 1300. The predicted molar refractivity (Wildman–Crippen MR) is 134 cm³/mol. The van der Waals surface area contributed by atoms with Crippen LogP contribution in [-0.4, -0.2) is 51.5 Å². The second kappa shape index (κ2) is 8.52. The first-order chi connectivity index (χ1) is 16.1. The van der Waals surface area contributed by atoms with Crippen LogP contribution in [0.15, 0.2) is 23.1 Å². The molecule has 1 saturated heterocycles. The molecule has 7 nitrogen and oxygen atoms in total. The number of nitrogens with zero attached hydrogens (tertiary/aromatic N) is 3. The van der Waals surface area contributed by atoms with Crippen LogP contribution in [0.5, 0.6) is 0 Å². The number of aryl methyl sites for hydroxylation is 1. The molecule has 7 heteroatoms. The van der Waals surface area contributed by atoms with Crippen LogP contribution in [0.3, 0.4) is 0 Å². The highest BCUT2D eigenvalue weighted by Gasteiger charge is 2.36. The van der Waals surface area contributed by atoms with Gasteiger partial charge in [-0.3, -0.25) is 14.0 Å². The van der Waals surface area contributed by atoms with Gasteiger partial charge in [0, 0.05) is 37.8 Å². The van der Waals surface area contributed by atoms with E-state index in [0.717, 1.165) is 42.6 Å². The van der Waals surface area contributed by atoms with Gasteiger partial charge in [0.1, 0.15) is 11.3 Å². The molecule has 1 aliphatic heterocycles. The van der Waals surface area contributed by atoms with Crippen molar-refractivity contribution in [3.8, 4) is 0 Å². The molecule has 2 fully saturated rings. The molecule has 0 bridgehead atoms. The zero-order chi connectivity index (χ0) is 24.2. The normalized spacial score (nSPS) is 23.4. The zero-order valence-electron chi connectivity index (χ0n) is 21.0. The summed E-state index contributed by atoms with van der Waals surface area (Å²) in [5.41, 5.74) is 3.70. The number of benzene rings is 1. The van der Waals surface area contributed by atoms with Crippen LogP contribution in [0.2, 0.25) is 0 Å². The number of amides is 1. The molecule has 1 amide bonds. The van der Waals surface area contributed by atoms with Crippen molar-refractivity contribution >= 4 is 22.5 Å². The Balaban J connectivity index is 1.56. The summed E-state index contributed by atoms with van der Waals surface area (Å²) >= 11 is 0. The highest BCUT2D eigenvalue weighted by atomic mass is 16.5. The molecule has 2 aromatic heterocycles. The van der Waals surface area contributed by atoms with E-state index < -0.39 is 0 Å². The lowest BCUT2D eigenvalue weighted by Gasteiger charge is -2.42. The number of ether oxygens (including phenoxy) is 1. The Kier molecular flexibility index (Phi) is 5.79. The van der Waals surface area contributed by atoms with Crippen molar-refractivity contribution < 1.29 is 9.53 Å². The van der Waals surface area contributed by atoms with Crippen molar-refractivity contribution in [3.63, 3.8) is 0 Å². The van der Waals surface area contributed by atoms with E-state index in [4.69, 9.17) is 4.74 Å². The molecule has 1 aliphatic carbocycles. The molecule has 0 spiro atoms. The molecule has 34 heavy (non-hydrogen) atoms. The molecule has 3 aromatic rings. The lowest BCUT2D eigenvalue weighted by Crippen LogP contribution is -2.44. The van der Waals surface area contributed by atoms with Gasteiger partial charge < -0.3 is 14.6 Å². The van der Waals surface area contributed by atoms with Gasteiger partial charge in [0.15, 0.2) is 0 Å². The molecule has 5 rings (SSSR count). The fraction of sp³-hybridized carbons (Fsp3) is 0.593. The van der Waals surface area contributed by atoms with Gasteiger partial charge in [0.2, 0.25) is 0 Å². The molecule has 0 unspecified atom stereocenters. The predicted octanol–water partition coefficient (Wildman–Crippen LogP) is 4.67. The quantitative estimate of drug-likeness (QED) is 0.611. The molecule has 1 N–H and O–H groups in total. The maximum absolute atomic E-state index is 13.6. The number of hydrogen-bond acceptors (Lipinski definition) is 4. The van der Waals surface area contributed by atoms with E-state index in [1.54, 1.807) is 6.20 Å². The first-order valence-corrected chi connectivity index (χ1v) is 12.5. The Morgan fingerprint density at radius 1 is 1.21 bits per heavy atom. The van der Waals surface area contributed by atoms with Crippen molar-refractivity contribution in [2.24, 2.45) is 11.3 Å². The molecular formula is C27H36N4O3. The zero-order valence-corrected chi connectivity index (χ0v) is 21.0. The van der Waals surface area contributed by atoms with Crippen molar-refractivity contribution in [2.45, 2.75) is 71.8 Å². The van der Waals surface area contributed by atoms with Crippen molar-refractivity contribution in [1.82, 2.24) is 19.3 Å². The van der Waals surface area contributed by atoms with Gasteiger partial charge >= 0.3 is 0 Å². The minimum atomic E-state index is -0.184. The van der Waals surface area contributed by atoms with Crippen LogP contribution < -0.4 is 5.56 Å². The minimum absolute atomic E-state index is 0.0190. The molecule has 1 aromatic carbocycles. The standard InChI is InChI=1S/C27H36N4O3/c1-16-10-19(14-27(3,4)13-16)30(5)26(33)20-12-21-22(11-17(20)2)31-23(25(32)29-21)15-28-24(31)18-6-8-34-9-7-18/h11-12,15-16,18-19H,6-10,13-14H2,1-5H3,(H,29,32)/t16-,19-/m0/s1. The summed E-state index contributed by atoms with van der Waals surface area (Å²) in [4.78, 5) is 36.1. The maximum atomic E-state index is 13.6. The summed E-state index contributed by atoms with van der Waals surface area (Å²) in [5, 5.41) is 0. The van der Waals surface area contributed by atoms with E-state index in [1.807, 2.05) is 35.4 Å². The number of aromatic amines is 1. The van der Waals surface area contributed by atoms with E-state index >= 15 is 0 Å². The molecular weight excluding hydrogens is 428 g/mol. The molecule has 2 aliphatic rings. The number of carbonyl (C=O) groups excluding carboxylic acids is 1. The van der Waals surface area contributed by atoms with Gasteiger partial charge in [0.05, 0.1) is 17.2 Å². The van der Waals surface area contributed by atoms with E-state index in [9.17, 15) is 9.59 Å². The topological polar surface area (TPSA) is 79.7 Å². The fourth-order valence-electron chi connectivity index (χ4n) is 6.36. The SMILES string of the molecule is Cc1cc2c(cc1C(=O)N(C)[C@H]1C[C@H](C)CC(C)(C)C1)[nH]c(=O)c1cnc(C3CCOCC3)n12. The highest BCUT2D eigenvalue weighted by molar-refractivity contribution is 5.99. The number of aromatic nitrogens is 3. The third kappa shape index (κ3) is 4.04. The number of carbonyl (C=O) groups is 1. The van der Waals surface area contributed by atoms with E-state index in [0.29, 0.717) is 35.7 Å². The first kappa shape index (κ1) is 23.1. The van der Waals surface area contributed by atoms with Crippen molar-refractivity contribution in [2.75, 3.05) is 20.3 Å². The molecule has 1 saturated carbocycles. The fourth-order valence-corrected chi connectivity index (χ4v) is 6.36. The third-order valence-corrected chi connectivity index (χ3v) is 7.90. The number of rotatable bonds is 3. The number of hydrogen-bond donors (Lipinski definition) is 1. The van der Waals surface area contributed by atoms with Crippen molar-refractivity contribution in [3.05, 3.63) is 45.6 Å². The largest absolute Gasteiger partial charge is 0.381 e. The maximum Gasteiger partial charge on any atom is 0.274 e. The van der Waals surface area contributed by atoms with Gasteiger partial charge in [-0.05, 0) is 68.1 Å². The Labute approximate surface area is 200 Å². The molecule has 182 valence electrons. The van der Waals surface area contributed by atoms with Crippen LogP contribution in [0, 0.1) is 18.3 Å². The average Bonchev–Trinajstić information content (AvgIpc) is 3.24. The van der Waals surface area contributed by atoms with Crippen molar-refractivity contribution in [1.29, 1.82) is 0 Å². The summed E-state index contributed by atoms with van der Waals surface area (Å²) in [6, 6.07) is 4.10. The average molecular weight is 465 g/mol. The second-order valence-corrected chi connectivity index (χ2v) is 11.3. The van der Waals surface area contributed by atoms with Gasteiger partial charge in [-0.2, -0.15) is 0 Å². The number of nitrogens with one attached hydrogen (secondary N) is 1. The van der Waals surface area contributed by atoms with Crippen LogP contribution in [0.1, 0.15) is 80.5 Å². The Hall–Kier alpha value is -2.67. The van der Waals surface area contributed by atoms with Crippen LogP contribution in [0.25, 0.3) is 16.6 Å². The number of fused-ring (bicyclic) bond motifs is 3. The lowest BCUT2D eigenvalue weighted by molar-refractivity contribution is 0.0528. The minimum Gasteiger partial charge on any atom is -0.381 e. The van der Waals surface area contributed by atoms with E-state index in [1.165, 1.54) is 6.42 Å².